The Morgan fingerprint density at radius 1 is 0.776 bits per heavy atom. The number of aliphatic carboxylic acids is 1. The molecular formula is C43H81NO5. The van der Waals surface area contributed by atoms with Crippen molar-refractivity contribution in [1.29, 1.82) is 0 Å². The molecule has 0 radical (unpaired) electrons. The fourth-order valence-corrected chi connectivity index (χ4v) is 8.14. The topological polar surface area (TPSA) is 83.9 Å². The molecule has 0 aromatic rings. The van der Waals surface area contributed by atoms with Crippen LogP contribution in [0.25, 0.3) is 0 Å². The van der Waals surface area contributed by atoms with Crippen LogP contribution in [0, 0.1) is 39.9 Å². The van der Waals surface area contributed by atoms with Crippen LogP contribution in [0.2, 0.25) is 0 Å². The Bertz CT molecular complexity index is 948. The van der Waals surface area contributed by atoms with Gasteiger partial charge < -0.3 is 14.7 Å². The van der Waals surface area contributed by atoms with Crippen molar-refractivity contribution in [2.45, 2.75) is 204 Å². The van der Waals surface area contributed by atoms with E-state index in [9.17, 15) is 19.5 Å². The zero-order valence-electron chi connectivity index (χ0n) is 34.3. The van der Waals surface area contributed by atoms with E-state index in [0.29, 0.717) is 25.4 Å². The molecule has 0 saturated carbocycles. The molecule has 49 heavy (non-hydrogen) atoms. The summed E-state index contributed by atoms with van der Waals surface area (Å²) in [6.07, 6.45) is 21.9. The number of carboxylic acids is 1. The second-order valence-electron chi connectivity index (χ2n) is 18.3. The van der Waals surface area contributed by atoms with Crippen LogP contribution in [0.5, 0.6) is 0 Å². The third-order valence-corrected chi connectivity index (χ3v) is 12.2. The zero-order valence-corrected chi connectivity index (χ0v) is 34.3. The molecule has 0 aliphatic carbocycles. The highest BCUT2D eigenvalue weighted by atomic mass is 16.5. The molecule has 1 heterocycles. The zero-order chi connectivity index (χ0) is 37.3. The summed E-state index contributed by atoms with van der Waals surface area (Å²) >= 11 is 0. The fourth-order valence-electron chi connectivity index (χ4n) is 8.14. The highest BCUT2D eigenvalue weighted by molar-refractivity contribution is 5.82. The van der Waals surface area contributed by atoms with Crippen LogP contribution in [-0.2, 0) is 19.1 Å². The van der Waals surface area contributed by atoms with Crippen LogP contribution in [0.1, 0.15) is 198 Å². The maximum atomic E-state index is 14.1. The summed E-state index contributed by atoms with van der Waals surface area (Å²) in [7, 11) is 0. The first-order valence-electron chi connectivity index (χ1n) is 20.6. The second kappa shape index (κ2) is 22.4. The lowest BCUT2D eigenvalue weighted by molar-refractivity contribution is -0.171. The number of carboxylic acid groups (broad SMARTS) is 1. The van der Waals surface area contributed by atoms with E-state index in [1.54, 1.807) is 0 Å². The molecule has 1 fully saturated rings. The molecule has 4 unspecified atom stereocenters. The summed E-state index contributed by atoms with van der Waals surface area (Å²) in [5.74, 6) is -2.67. The van der Waals surface area contributed by atoms with Crippen molar-refractivity contribution in [3.63, 3.8) is 0 Å². The van der Waals surface area contributed by atoms with Crippen molar-refractivity contribution in [2.24, 2.45) is 39.9 Å². The van der Waals surface area contributed by atoms with Gasteiger partial charge in [0.1, 0.15) is 0 Å². The number of amides is 1. The van der Waals surface area contributed by atoms with Crippen molar-refractivity contribution in [3.05, 3.63) is 0 Å². The van der Waals surface area contributed by atoms with Crippen molar-refractivity contribution in [2.75, 3.05) is 13.2 Å². The van der Waals surface area contributed by atoms with E-state index >= 15 is 0 Å². The van der Waals surface area contributed by atoms with Gasteiger partial charge in [0.2, 0.25) is 5.91 Å². The Morgan fingerprint density at radius 2 is 1.24 bits per heavy atom. The van der Waals surface area contributed by atoms with Crippen LogP contribution < -0.4 is 0 Å². The van der Waals surface area contributed by atoms with Gasteiger partial charge in [0.25, 0.3) is 0 Å². The normalized spacial score (nSPS) is 17.0. The van der Waals surface area contributed by atoms with E-state index in [-0.39, 0.29) is 29.3 Å². The number of carbonyl (C=O) groups excluding carboxylic acids is 2. The summed E-state index contributed by atoms with van der Waals surface area (Å²) < 4.78 is 6.16. The number of rotatable bonds is 27. The fraction of sp³-hybridized carbons (Fsp3) is 0.930. The minimum absolute atomic E-state index is 0.0188. The van der Waals surface area contributed by atoms with Gasteiger partial charge in [-0.05, 0) is 53.8 Å². The Balaban J connectivity index is 3.10. The van der Waals surface area contributed by atoms with Crippen LogP contribution in [0.4, 0.5) is 0 Å². The first kappa shape index (κ1) is 45.4. The lowest BCUT2D eigenvalue weighted by Crippen LogP contribution is -2.54. The maximum Gasteiger partial charge on any atom is 0.310 e. The highest BCUT2D eigenvalue weighted by Crippen LogP contribution is 2.53. The number of esters is 1. The van der Waals surface area contributed by atoms with Crippen LogP contribution in [0.15, 0.2) is 0 Å². The molecule has 0 bridgehead atoms. The quantitative estimate of drug-likeness (QED) is 0.0684. The van der Waals surface area contributed by atoms with Gasteiger partial charge >= 0.3 is 11.9 Å². The summed E-state index contributed by atoms with van der Waals surface area (Å²) in [6, 6.07) is -0.0188. The minimum Gasteiger partial charge on any atom is -0.481 e. The van der Waals surface area contributed by atoms with Crippen LogP contribution in [0.3, 0.4) is 0 Å². The maximum absolute atomic E-state index is 14.1. The Morgan fingerprint density at radius 3 is 1.63 bits per heavy atom. The number of hydrogen-bond donors (Lipinski definition) is 1. The molecule has 288 valence electrons. The molecule has 1 aliphatic heterocycles. The van der Waals surface area contributed by atoms with Gasteiger partial charge in [0.15, 0.2) is 0 Å². The molecule has 1 N–H and O–H groups in total. The minimum atomic E-state index is -0.944. The predicted molar refractivity (Wildman–Crippen MR) is 205 cm³/mol. The lowest BCUT2D eigenvalue weighted by atomic mass is 9.54. The summed E-state index contributed by atoms with van der Waals surface area (Å²) in [6.45, 7) is 24.4. The van der Waals surface area contributed by atoms with E-state index in [1.165, 1.54) is 77.0 Å². The third kappa shape index (κ3) is 15.3. The average Bonchev–Trinajstić information content (AvgIpc) is 3.43. The van der Waals surface area contributed by atoms with E-state index < -0.39 is 28.6 Å². The number of likely N-dealkylation sites (tertiary alicyclic amines) is 1. The molecule has 6 heteroatoms. The molecule has 1 rings (SSSR count). The number of nitrogens with zero attached hydrogens (tertiary/aromatic N) is 1. The summed E-state index contributed by atoms with van der Waals surface area (Å²) in [5, 5.41) is 10.8. The predicted octanol–water partition coefficient (Wildman–Crippen LogP) is 11.9. The smallest absolute Gasteiger partial charge is 0.310 e. The van der Waals surface area contributed by atoms with Gasteiger partial charge in [0, 0.05) is 19.0 Å². The number of carbonyl (C=O) groups is 3. The van der Waals surface area contributed by atoms with Crippen molar-refractivity contribution < 1.29 is 24.2 Å². The largest absolute Gasteiger partial charge is 0.481 e. The van der Waals surface area contributed by atoms with Gasteiger partial charge in [-0.1, -0.05) is 166 Å². The lowest BCUT2D eigenvalue weighted by Gasteiger charge is -2.52. The third-order valence-electron chi connectivity index (χ3n) is 12.2. The first-order valence-corrected chi connectivity index (χ1v) is 20.6. The summed E-state index contributed by atoms with van der Waals surface area (Å²) in [4.78, 5) is 42.2. The molecule has 4 atom stereocenters. The highest BCUT2D eigenvalue weighted by Gasteiger charge is 2.54. The Kier molecular flexibility index (Phi) is 20.7. The van der Waals surface area contributed by atoms with Gasteiger partial charge in [0.05, 0.1) is 18.4 Å². The Hall–Kier alpha value is -1.59. The van der Waals surface area contributed by atoms with Gasteiger partial charge in [-0.3, -0.25) is 14.4 Å². The molecule has 1 saturated heterocycles. The van der Waals surface area contributed by atoms with Gasteiger partial charge in [-0.15, -0.1) is 0 Å². The van der Waals surface area contributed by atoms with Crippen molar-refractivity contribution >= 4 is 17.8 Å². The monoisotopic (exact) mass is 692 g/mol. The van der Waals surface area contributed by atoms with E-state index in [0.717, 1.165) is 38.6 Å². The number of hydrogen-bond acceptors (Lipinski definition) is 4. The van der Waals surface area contributed by atoms with Crippen molar-refractivity contribution in [3.8, 4) is 0 Å². The van der Waals surface area contributed by atoms with Crippen LogP contribution in [-0.4, -0.2) is 47.0 Å². The summed E-state index contributed by atoms with van der Waals surface area (Å²) in [5.41, 5.74) is -1.41. The molecule has 1 aliphatic rings. The SMILES string of the molecule is CCCCCCCCCCC(CCCCCCCC)COC(=O)C(C(C)C)C(C(=O)O)C(C)(C)C(C)(C)CC(N1CCCC1=O)C(C)(C)C. The van der Waals surface area contributed by atoms with Crippen LogP contribution >= 0.6 is 0 Å². The molecule has 1 amide bonds. The van der Waals surface area contributed by atoms with Gasteiger partial charge in [-0.2, -0.15) is 0 Å². The van der Waals surface area contributed by atoms with Crippen molar-refractivity contribution in [1.82, 2.24) is 4.90 Å². The first-order chi connectivity index (χ1) is 22.9. The molecular weight excluding hydrogens is 610 g/mol. The van der Waals surface area contributed by atoms with E-state index in [4.69, 9.17) is 4.74 Å². The molecule has 0 aromatic heterocycles. The Labute approximate surface area is 303 Å². The number of ether oxygens (including phenoxy) is 1. The average molecular weight is 692 g/mol. The second-order valence-corrected chi connectivity index (χ2v) is 18.3. The molecule has 0 spiro atoms. The molecule has 0 aromatic carbocycles. The molecule has 6 nitrogen and oxygen atoms in total. The van der Waals surface area contributed by atoms with Gasteiger partial charge in [-0.25, -0.2) is 0 Å². The van der Waals surface area contributed by atoms with E-state index in [1.807, 2.05) is 32.6 Å². The number of unbranched alkanes of at least 4 members (excludes halogenated alkanes) is 12. The van der Waals surface area contributed by atoms with E-state index in [2.05, 4.69) is 48.5 Å². The standard InChI is InChI=1S/C43H81NO5/c1-12-14-16-18-20-21-23-25-28-34(27-24-22-19-17-15-13-2)32-49-40(48)37(33(3)4)38(39(46)47)43(10,11)42(8,9)31-35(41(5,6)7)44-30-26-29-36(44)45/h33-35,37-38H,12-32H2,1-11H3,(H,46,47).